The molecule has 10 nitrogen and oxygen atoms in total. The van der Waals surface area contributed by atoms with Crippen LogP contribution >= 0.6 is 15.2 Å². The van der Waals surface area contributed by atoms with Gasteiger partial charge in [-0.2, -0.15) is 0 Å². The minimum atomic E-state index is -4.67. The van der Waals surface area contributed by atoms with Gasteiger partial charge in [0.25, 0.3) is 0 Å². The highest BCUT2D eigenvalue weighted by Crippen LogP contribution is 2.42. The van der Waals surface area contributed by atoms with E-state index < -0.39 is 39.7 Å². The average molecular weight is 391 g/mol. The fourth-order valence-electron chi connectivity index (χ4n) is 2.63. The Balaban J connectivity index is 2.36. The number of carbonyl (C=O) groups excluding carboxylic acids is 1. The van der Waals surface area contributed by atoms with Crippen LogP contribution in [0.5, 0.6) is 0 Å². The number of primary amides is 1. The van der Waals surface area contributed by atoms with Gasteiger partial charge in [0.15, 0.2) is 0 Å². The molecule has 0 bridgehead atoms. The van der Waals surface area contributed by atoms with Crippen LogP contribution in [-0.2, 0) is 20.3 Å². The van der Waals surface area contributed by atoms with Gasteiger partial charge in [-0.25, -0.2) is 0 Å². The van der Waals surface area contributed by atoms with E-state index in [-0.39, 0.29) is 6.42 Å². The second-order valence-electron chi connectivity index (χ2n) is 5.68. The zero-order valence-electron chi connectivity index (χ0n) is 13.0. The van der Waals surface area contributed by atoms with Gasteiger partial charge in [-0.1, -0.05) is 18.2 Å². The first-order valence-corrected chi connectivity index (χ1v) is 10.7. The van der Waals surface area contributed by atoms with Crippen LogP contribution in [0.3, 0.4) is 0 Å². The molecule has 2 rings (SSSR count). The number of H-pyrrole nitrogens is 1. The van der Waals surface area contributed by atoms with Crippen molar-refractivity contribution in [1.82, 2.24) is 9.88 Å². The molecule has 12 heteroatoms. The molecule has 25 heavy (non-hydrogen) atoms. The Labute approximate surface area is 143 Å². The van der Waals surface area contributed by atoms with E-state index in [4.69, 9.17) is 5.73 Å². The molecular weight excluding hydrogens is 372 g/mol. The number of rotatable bonds is 8. The van der Waals surface area contributed by atoms with E-state index in [9.17, 15) is 33.5 Å². The summed E-state index contributed by atoms with van der Waals surface area (Å²) in [6, 6.07) is 5.89. The van der Waals surface area contributed by atoms with Gasteiger partial charge >= 0.3 is 15.2 Å². The molecule has 0 fully saturated rings. The lowest BCUT2D eigenvalue weighted by Crippen LogP contribution is -2.46. The third-order valence-corrected chi connectivity index (χ3v) is 5.05. The van der Waals surface area contributed by atoms with Crippen molar-refractivity contribution >= 4 is 32.0 Å². The number of hydrogen-bond donors (Lipinski definition) is 6. The number of hydrogen-bond acceptors (Lipinski definition) is 4. The minimum Gasteiger partial charge on any atom is -0.368 e. The standard InChI is InChI=1S/C13H19N3O7P2/c14-13(17)12(16(7-24(18,19)20)8-25(21,22)23)5-9-6-15-11-4-2-1-3-10(9)11/h1-4,6,12,15H,5,7-8H2,(H2,14,17)(H2,18,19,20)(H2,21,22,23). The van der Waals surface area contributed by atoms with Crippen molar-refractivity contribution in [2.45, 2.75) is 12.5 Å². The molecule has 1 heterocycles. The Hall–Kier alpha value is -1.51. The summed E-state index contributed by atoms with van der Waals surface area (Å²) in [5, 5.41) is 0.779. The number of nitrogens with one attached hydrogen (secondary N) is 1. The summed E-state index contributed by atoms with van der Waals surface area (Å²) in [4.78, 5) is 52.3. The van der Waals surface area contributed by atoms with Gasteiger partial charge in [-0.15, -0.1) is 0 Å². The number of carbonyl (C=O) groups is 1. The molecule has 1 amide bonds. The highest BCUT2D eigenvalue weighted by Gasteiger charge is 2.34. The highest BCUT2D eigenvalue weighted by molar-refractivity contribution is 7.52. The van der Waals surface area contributed by atoms with Gasteiger partial charge in [-0.05, 0) is 18.1 Å². The van der Waals surface area contributed by atoms with E-state index in [0.29, 0.717) is 5.56 Å². The van der Waals surface area contributed by atoms with Crippen LogP contribution in [0.4, 0.5) is 0 Å². The molecule has 0 aliphatic heterocycles. The number of fused-ring (bicyclic) bond motifs is 1. The predicted octanol–water partition coefficient (Wildman–Crippen LogP) is 0.137. The van der Waals surface area contributed by atoms with Crippen molar-refractivity contribution in [2.75, 3.05) is 12.6 Å². The van der Waals surface area contributed by atoms with Crippen molar-refractivity contribution in [3.63, 3.8) is 0 Å². The number of amides is 1. The number of nitrogens with two attached hydrogens (primary N) is 1. The predicted molar refractivity (Wildman–Crippen MR) is 90.6 cm³/mol. The number of nitrogens with zero attached hydrogens (tertiary/aromatic N) is 1. The van der Waals surface area contributed by atoms with Crippen molar-refractivity contribution in [2.24, 2.45) is 5.73 Å². The van der Waals surface area contributed by atoms with Crippen molar-refractivity contribution in [3.05, 3.63) is 36.0 Å². The molecule has 2 aromatic rings. The van der Waals surface area contributed by atoms with Gasteiger partial charge in [-0.3, -0.25) is 18.8 Å². The van der Waals surface area contributed by atoms with Crippen molar-refractivity contribution < 1.29 is 33.5 Å². The Morgan fingerprint density at radius 2 is 1.68 bits per heavy atom. The summed E-state index contributed by atoms with van der Waals surface area (Å²) in [7, 11) is -9.35. The Bertz CT molecular complexity index is 832. The van der Waals surface area contributed by atoms with Crippen molar-refractivity contribution in [3.8, 4) is 0 Å². The largest absolute Gasteiger partial charge is 0.368 e. The molecule has 1 unspecified atom stereocenters. The van der Waals surface area contributed by atoms with E-state index in [0.717, 1.165) is 15.8 Å². The highest BCUT2D eigenvalue weighted by atomic mass is 31.2. The number of aromatic nitrogens is 1. The Morgan fingerprint density at radius 3 is 2.20 bits per heavy atom. The van der Waals surface area contributed by atoms with Crippen LogP contribution in [0, 0.1) is 0 Å². The van der Waals surface area contributed by atoms with Crippen LogP contribution in [0.15, 0.2) is 30.5 Å². The summed E-state index contributed by atoms with van der Waals surface area (Å²) in [5.74, 6) is -0.938. The number of para-hydroxylation sites is 1. The molecule has 0 saturated carbocycles. The molecular formula is C13H19N3O7P2. The first-order valence-electron chi connectivity index (χ1n) is 7.14. The fraction of sp³-hybridized carbons (Fsp3) is 0.308. The van der Waals surface area contributed by atoms with E-state index in [1.54, 1.807) is 24.4 Å². The molecule has 1 aromatic heterocycles. The molecule has 138 valence electrons. The van der Waals surface area contributed by atoms with Crippen LogP contribution in [-0.4, -0.2) is 54.0 Å². The minimum absolute atomic E-state index is 0.0562. The lowest BCUT2D eigenvalue weighted by molar-refractivity contribution is -0.122. The maximum absolute atomic E-state index is 11.8. The quantitative estimate of drug-likeness (QED) is 0.344. The first-order chi connectivity index (χ1) is 11.5. The Morgan fingerprint density at radius 1 is 1.12 bits per heavy atom. The zero-order chi connectivity index (χ0) is 18.8. The summed E-state index contributed by atoms with van der Waals surface area (Å²) < 4.78 is 22.6. The van der Waals surface area contributed by atoms with E-state index in [1.165, 1.54) is 0 Å². The van der Waals surface area contributed by atoms with Gasteiger partial charge in [0.05, 0.1) is 6.04 Å². The molecule has 0 aliphatic rings. The molecule has 1 atom stereocenters. The van der Waals surface area contributed by atoms with Crippen LogP contribution in [0.2, 0.25) is 0 Å². The van der Waals surface area contributed by atoms with E-state index in [1.807, 2.05) is 6.07 Å². The van der Waals surface area contributed by atoms with E-state index in [2.05, 4.69) is 4.98 Å². The average Bonchev–Trinajstić information content (AvgIpc) is 2.83. The van der Waals surface area contributed by atoms with Crippen LogP contribution in [0.1, 0.15) is 5.56 Å². The smallest absolute Gasteiger partial charge is 0.339 e. The number of aromatic amines is 1. The Kier molecular flexibility index (Phi) is 5.86. The maximum atomic E-state index is 11.8. The molecule has 0 radical (unpaired) electrons. The summed E-state index contributed by atoms with van der Waals surface area (Å²) in [6.07, 6.45) is -0.421. The van der Waals surface area contributed by atoms with E-state index >= 15 is 0 Å². The lowest BCUT2D eigenvalue weighted by Gasteiger charge is -2.29. The molecule has 1 aromatic carbocycles. The monoisotopic (exact) mass is 391 g/mol. The summed E-state index contributed by atoms with van der Waals surface area (Å²) in [6.45, 7) is 0. The van der Waals surface area contributed by atoms with Crippen LogP contribution < -0.4 is 5.73 Å². The van der Waals surface area contributed by atoms with Gasteiger partial charge in [0, 0.05) is 17.1 Å². The molecule has 0 spiro atoms. The van der Waals surface area contributed by atoms with Gasteiger partial charge in [0.1, 0.15) is 12.6 Å². The van der Waals surface area contributed by atoms with Gasteiger partial charge < -0.3 is 30.3 Å². The second kappa shape index (κ2) is 7.39. The van der Waals surface area contributed by atoms with Gasteiger partial charge in [0.2, 0.25) is 5.91 Å². The molecule has 7 N–H and O–H groups in total. The maximum Gasteiger partial charge on any atom is 0.339 e. The topological polar surface area (TPSA) is 177 Å². The summed E-state index contributed by atoms with van der Waals surface area (Å²) in [5.41, 5.74) is 6.77. The molecule has 0 saturated heterocycles. The first kappa shape index (κ1) is 19.8. The second-order valence-corrected chi connectivity index (χ2v) is 8.91. The van der Waals surface area contributed by atoms with Crippen molar-refractivity contribution in [1.29, 1.82) is 0 Å². The normalized spacial score (nSPS) is 14.1. The fourth-order valence-corrected chi connectivity index (χ4v) is 4.33. The third kappa shape index (κ3) is 5.76. The summed E-state index contributed by atoms with van der Waals surface area (Å²) >= 11 is 0. The third-order valence-electron chi connectivity index (χ3n) is 3.59. The molecule has 0 aliphatic carbocycles. The SMILES string of the molecule is NC(=O)C(Cc1c[nH]c2ccccc12)N(CP(=O)(O)O)CP(=O)(O)O. The zero-order valence-corrected chi connectivity index (χ0v) is 14.8. The number of benzene rings is 1. The lowest BCUT2D eigenvalue weighted by atomic mass is 10.0. The van der Waals surface area contributed by atoms with Crippen LogP contribution in [0.25, 0.3) is 10.9 Å².